The van der Waals surface area contributed by atoms with E-state index in [-0.39, 0.29) is 5.91 Å². The van der Waals surface area contributed by atoms with Gasteiger partial charge in [-0.2, -0.15) is 0 Å². The molecule has 0 saturated heterocycles. The molecule has 0 fully saturated rings. The number of aryl methyl sites for hydroxylation is 1. The van der Waals surface area contributed by atoms with Gasteiger partial charge < -0.3 is 15.8 Å². The Morgan fingerprint density at radius 1 is 1.71 bits per heavy atom. The Morgan fingerprint density at radius 3 is 2.93 bits per heavy atom. The van der Waals surface area contributed by atoms with Crippen LogP contribution in [0.2, 0.25) is 0 Å². The zero-order valence-corrected chi connectivity index (χ0v) is 9.11. The number of hydrogen-bond acceptors (Lipinski definition) is 4. The molecule has 4 nitrogen and oxygen atoms in total. The molecule has 0 spiro atoms. The standard InChI is InChI=1S/C9H14N2O2S/c1-6-7(10)5-8(14-6)9(12)11-3-4-13-2/h5H,3-4,10H2,1-2H3,(H,11,12). The molecule has 0 atom stereocenters. The van der Waals surface area contributed by atoms with Gasteiger partial charge >= 0.3 is 0 Å². The van der Waals surface area contributed by atoms with Crippen LogP contribution in [0.25, 0.3) is 0 Å². The van der Waals surface area contributed by atoms with Crippen LogP contribution in [0.4, 0.5) is 5.69 Å². The minimum Gasteiger partial charge on any atom is -0.398 e. The van der Waals surface area contributed by atoms with Crippen molar-refractivity contribution in [2.45, 2.75) is 6.92 Å². The summed E-state index contributed by atoms with van der Waals surface area (Å²) in [5.41, 5.74) is 6.31. The van der Waals surface area contributed by atoms with Crippen molar-refractivity contribution in [3.05, 3.63) is 15.8 Å². The van der Waals surface area contributed by atoms with Crippen molar-refractivity contribution >= 4 is 22.9 Å². The molecule has 0 radical (unpaired) electrons. The Labute approximate surface area is 87.1 Å². The molecule has 78 valence electrons. The summed E-state index contributed by atoms with van der Waals surface area (Å²) in [7, 11) is 1.60. The van der Waals surface area contributed by atoms with Crippen molar-refractivity contribution in [2.75, 3.05) is 26.0 Å². The van der Waals surface area contributed by atoms with Gasteiger partial charge in [0.1, 0.15) is 0 Å². The van der Waals surface area contributed by atoms with E-state index in [1.807, 2.05) is 6.92 Å². The third-order valence-electron chi connectivity index (χ3n) is 1.77. The molecule has 1 amide bonds. The second-order valence-corrected chi connectivity index (χ2v) is 4.13. The van der Waals surface area contributed by atoms with Crippen LogP contribution in [0.5, 0.6) is 0 Å². The number of carbonyl (C=O) groups excluding carboxylic acids is 1. The van der Waals surface area contributed by atoms with E-state index in [1.54, 1.807) is 13.2 Å². The van der Waals surface area contributed by atoms with E-state index in [0.29, 0.717) is 23.7 Å². The summed E-state index contributed by atoms with van der Waals surface area (Å²) in [6.07, 6.45) is 0. The molecule has 0 aliphatic heterocycles. The van der Waals surface area contributed by atoms with E-state index in [0.717, 1.165) is 4.88 Å². The maximum absolute atomic E-state index is 11.5. The maximum Gasteiger partial charge on any atom is 0.261 e. The Kier molecular flexibility index (Phi) is 3.91. The van der Waals surface area contributed by atoms with Gasteiger partial charge in [0.25, 0.3) is 5.91 Å². The lowest BCUT2D eigenvalue weighted by Gasteiger charge is -2.01. The van der Waals surface area contributed by atoms with Crippen LogP contribution >= 0.6 is 11.3 Å². The number of methoxy groups -OCH3 is 1. The van der Waals surface area contributed by atoms with Crippen LogP contribution in [-0.2, 0) is 4.74 Å². The van der Waals surface area contributed by atoms with E-state index in [2.05, 4.69) is 5.32 Å². The molecular weight excluding hydrogens is 200 g/mol. The van der Waals surface area contributed by atoms with Crippen LogP contribution in [0.15, 0.2) is 6.07 Å². The second kappa shape index (κ2) is 4.97. The van der Waals surface area contributed by atoms with Crippen LogP contribution in [0, 0.1) is 6.92 Å². The van der Waals surface area contributed by atoms with Gasteiger partial charge in [-0.15, -0.1) is 11.3 Å². The van der Waals surface area contributed by atoms with E-state index in [1.165, 1.54) is 11.3 Å². The van der Waals surface area contributed by atoms with Gasteiger partial charge in [0.15, 0.2) is 0 Å². The van der Waals surface area contributed by atoms with Crippen molar-refractivity contribution in [3.8, 4) is 0 Å². The normalized spacial score (nSPS) is 10.1. The summed E-state index contributed by atoms with van der Waals surface area (Å²) < 4.78 is 4.82. The number of carbonyl (C=O) groups is 1. The highest BCUT2D eigenvalue weighted by molar-refractivity contribution is 7.14. The number of thiophene rings is 1. The average molecular weight is 214 g/mol. The fraction of sp³-hybridized carbons (Fsp3) is 0.444. The Bertz CT molecular complexity index is 303. The molecule has 1 aromatic rings. The smallest absolute Gasteiger partial charge is 0.261 e. The first-order chi connectivity index (χ1) is 6.65. The molecule has 3 N–H and O–H groups in total. The molecule has 1 heterocycles. The highest BCUT2D eigenvalue weighted by Gasteiger charge is 2.09. The number of nitrogen functional groups attached to an aromatic ring is 1. The summed E-state index contributed by atoms with van der Waals surface area (Å²) in [4.78, 5) is 13.1. The van der Waals surface area contributed by atoms with Crippen LogP contribution < -0.4 is 11.1 Å². The number of rotatable bonds is 4. The fourth-order valence-corrected chi connectivity index (χ4v) is 1.82. The number of nitrogens with two attached hydrogens (primary N) is 1. The average Bonchev–Trinajstić information content (AvgIpc) is 2.47. The van der Waals surface area contributed by atoms with Crippen molar-refractivity contribution in [3.63, 3.8) is 0 Å². The molecule has 0 aromatic carbocycles. The summed E-state index contributed by atoms with van der Waals surface area (Å²) in [6, 6.07) is 1.70. The number of nitrogens with one attached hydrogen (secondary N) is 1. The lowest BCUT2D eigenvalue weighted by atomic mass is 10.3. The Morgan fingerprint density at radius 2 is 2.43 bits per heavy atom. The molecule has 0 aliphatic carbocycles. The molecule has 0 bridgehead atoms. The van der Waals surface area contributed by atoms with Gasteiger partial charge in [-0.1, -0.05) is 0 Å². The molecule has 5 heteroatoms. The summed E-state index contributed by atoms with van der Waals surface area (Å²) in [5.74, 6) is -0.0909. The quantitative estimate of drug-likeness (QED) is 0.735. The van der Waals surface area contributed by atoms with Crippen molar-refractivity contribution in [1.29, 1.82) is 0 Å². The second-order valence-electron chi connectivity index (χ2n) is 2.87. The largest absolute Gasteiger partial charge is 0.398 e. The number of ether oxygens (including phenoxy) is 1. The first kappa shape index (κ1) is 11.0. The number of amides is 1. The van der Waals surface area contributed by atoms with Gasteiger partial charge in [-0.3, -0.25) is 4.79 Å². The minimum absolute atomic E-state index is 0.0909. The van der Waals surface area contributed by atoms with Crippen molar-refractivity contribution in [1.82, 2.24) is 5.32 Å². The lowest BCUT2D eigenvalue weighted by molar-refractivity contribution is 0.0941. The first-order valence-electron chi connectivity index (χ1n) is 4.28. The third kappa shape index (κ3) is 2.71. The van der Waals surface area contributed by atoms with Crippen molar-refractivity contribution in [2.24, 2.45) is 0 Å². The summed E-state index contributed by atoms with van der Waals surface area (Å²) >= 11 is 1.40. The van der Waals surface area contributed by atoms with Gasteiger partial charge in [0.2, 0.25) is 0 Å². The SMILES string of the molecule is COCCNC(=O)c1cc(N)c(C)s1. The van der Waals surface area contributed by atoms with E-state index >= 15 is 0 Å². The fourth-order valence-electron chi connectivity index (χ4n) is 0.962. The van der Waals surface area contributed by atoms with Gasteiger partial charge in [-0.05, 0) is 13.0 Å². The number of anilines is 1. The van der Waals surface area contributed by atoms with Crippen LogP contribution in [-0.4, -0.2) is 26.2 Å². The molecule has 14 heavy (non-hydrogen) atoms. The zero-order chi connectivity index (χ0) is 10.6. The highest BCUT2D eigenvalue weighted by atomic mass is 32.1. The van der Waals surface area contributed by atoms with Gasteiger partial charge in [0, 0.05) is 24.2 Å². The van der Waals surface area contributed by atoms with Crippen LogP contribution in [0.1, 0.15) is 14.5 Å². The third-order valence-corrected chi connectivity index (χ3v) is 2.84. The van der Waals surface area contributed by atoms with E-state index < -0.39 is 0 Å². The molecule has 1 rings (SSSR count). The summed E-state index contributed by atoms with van der Waals surface area (Å²) in [5, 5.41) is 2.73. The van der Waals surface area contributed by atoms with E-state index in [4.69, 9.17) is 10.5 Å². The molecule has 1 aromatic heterocycles. The van der Waals surface area contributed by atoms with Gasteiger partial charge in [-0.25, -0.2) is 0 Å². The highest BCUT2D eigenvalue weighted by Crippen LogP contribution is 2.22. The van der Waals surface area contributed by atoms with Crippen LogP contribution in [0.3, 0.4) is 0 Å². The lowest BCUT2D eigenvalue weighted by Crippen LogP contribution is -2.26. The molecule has 0 aliphatic rings. The molecule has 0 saturated carbocycles. The topological polar surface area (TPSA) is 64.3 Å². The predicted octanol–water partition coefficient (Wildman–Crippen LogP) is 1.01. The van der Waals surface area contributed by atoms with Gasteiger partial charge in [0.05, 0.1) is 11.5 Å². The zero-order valence-electron chi connectivity index (χ0n) is 8.29. The predicted molar refractivity (Wildman–Crippen MR) is 57.7 cm³/mol. The first-order valence-corrected chi connectivity index (χ1v) is 5.10. The minimum atomic E-state index is -0.0909. The number of hydrogen-bond donors (Lipinski definition) is 2. The Hall–Kier alpha value is -1.07. The molecule has 0 unspecified atom stereocenters. The Balaban J connectivity index is 2.52. The molecular formula is C9H14N2O2S. The summed E-state index contributed by atoms with van der Waals surface area (Å²) in [6.45, 7) is 2.93. The van der Waals surface area contributed by atoms with E-state index in [9.17, 15) is 4.79 Å². The maximum atomic E-state index is 11.5. The van der Waals surface area contributed by atoms with Crippen molar-refractivity contribution < 1.29 is 9.53 Å². The monoisotopic (exact) mass is 214 g/mol.